The number of halogens is 1. The van der Waals surface area contributed by atoms with Crippen LogP contribution in [-0.2, 0) is 0 Å². The molecule has 1 aromatic rings. The van der Waals surface area contributed by atoms with Gasteiger partial charge in [-0.25, -0.2) is 0 Å². The van der Waals surface area contributed by atoms with Crippen LogP contribution in [0.25, 0.3) is 0 Å². The smallest absolute Gasteiger partial charge is 0.0488 e. The quantitative estimate of drug-likeness (QED) is 0.822. The molecule has 2 nitrogen and oxygen atoms in total. The second-order valence-corrected chi connectivity index (χ2v) is 5.22. The predicted molar refractivity (Wildman–Crippen MR) is 69.0 cm³/mol. The molecule has 3 heteroatoms. The minimum absolute atomic E-state index is 0.554. The first-order valence-electron chi connectivity index (χ1n) is 5.48. The molecule has 1 aromatic carbocycles. The van der Waals surface area contributed by atoms with E-state index in [2.05, 4.69) is 28.2 Å². The molecule has 1 unspecified atom stereocenters. The van der Waals surface area contributed by atoms with Crippen molar-refractivity contribution in [2.75, 3.05) is 11.1 Å². The Morgan fingerprint density at radius 1 is 1.47 bits per heavy atom. The van der Waals surface area contributed by atoms with Gasteiger partial charge in [-0.3, -0.25) is 0 Å². The molecule has 1 atom stereocenters. The van der Waals surface area contributed by atoms with Crippen LogP contribution in [0.4, 0.5) is 11.4 Å². The van der Waals surface area contributed by atoms with Gasteiger partial charge in [-0.1, -0.05) is 6.42 Å². The van der Waals surface area contributed by atoms with Gasteiger partial charge in [0.25, 0.3) is 0 Å². The fourth-order valence-corrected chi connectivity index (χ4v) is 2.46. The molecule has 0 saturated heterocycles. The zero-order valence-electron chi connectivity index (χ0n) is 8.96. The zero-order valence-corrected chi connectivity index (χ0v) is 10.5. The third kappa shape index (κ3) is 2.46. The average Bonchev–Trinajstić information content (AvgIpc) is 2.07. The summed E-state index contributed by atoms with van der Waals surface area (Å²) < 4.78 is 1.05. The lowest BCUT2D eigenvalue weighted by Crippen LogP contribution is -2.30. The average molecular weight is 269 g/mol. The van der Waals surface area contributed by atoms with E-state index in [0.29, 0.717) is 6.04 Å². The number of hydrogen-bond donors (Lipinski definition) is 2. The van der Waals surface area contributed by atoms with Gasteiger partial charge in [0, 0.05) is 21.9 Å². The van der Waals surface area contributed by atoms with Crippen molar-refractivity contribution in [2.45, 2.75) is 32.2 Å². The number of rotatable bonds is 3. The third-order valence-corrected chi connectivity index (χ3v) is 3.89. The van der Waals surface area contributed by atoms with E-state index in [9.17, 15) is 0 Å². The second-order valence-electron chi connectivity index (χ2n) is 4.36. The zero-order chi connectivity index (χ0) is 10.8. The van der Waals surface area contributed by atoms with Crippen molar-refractivity contribution in [2.24, 2.45) is 5.92 Å². The molecule has 1 aliphatic rings. The highest BCUT2D eigenvalue weighted by Gasteiger charge is 2.23. The van der Waals surface area contributed by atoms with Gasteiger partial charge < -0.3 is 11.1 Å². The lowest BCUT2D eigenvalue weighted by Gasteiger charge is -2.32. The molecule has 2 rings (SSSR count). The Hall–Kier alpha value is -0.700. The molecule has 0 aromatic heterocycles. The van der Waals surface area contributed by atoms with Crippen LogP contribution in [-0.4, -0.2) is 6.04 Å². The van der Waals surface area contributed by atoms with Gasteiger partial charge in [0.1, 0.15) is 0 Å². The molecule has 1 saturated carbocycles. The Morgan fingerprint density at radius 2 is 2.20 bits per heavy atom. The summed E-state index contributed by atoms with van der Waals surface area (Å²) >= 11 is 3.52. The van der Waals surface area contributed by atoms with Gasteiger partial charge in [-0.05, 0) is 59.8 Å². The number of hydrogen-bond acceptors (Lipinski definition) is 2. The SMILES string of the molecule is CC(Nc1ccc(N)cc1Br)C1CCC1. The molecule has 0 spiro atoms. The number of nitrogens with one attached hydrogen (secondary N) is 1. The Balaban J connectivity index is 2.03. The van der Waals surface area contributed by atoms with Gasteiger partial charge in [0.15, 0.2) is 0 Å². The van der Waals surface area contributed by atoms with Gasteiger partial charge in [-0.2, -0.15) is 0 Å². The summed E-state index contributed by atoms with van der Waals surface area (Å²) in [5, 5.41) is 3.54. The summed E-state index contributed by atoms with van der Waals surface area (Å²) in [6, 6.07) is 6.46. The van der Waals surface area contributed by atoms with Crippen molar-refractivity contribution >= 4 is 27.3 Å². The molecular formula is C12H17BrN2. The number of nitrogen functional groups attached to an aromatic ring is 1. The van der Waals surface area contributed by atoms with Crippen LogP contribution < -0.4 is 11.1 Å². The Kier molecular flexibility index (Phi) is 3.19. The molecular weight excluding hydrogens is 252 g/mol. The summed E-state index contributed by atoms with van der Waals surface area (Å²) in [6.45, 7) is 2.26. The Morgan fingerprint density at radius 3 is 2.73 bits per heavy atom. The van der Waals surface area contributed by atoms with Crippen molar-refractivity contribution in [3.63, 3.8) is 0 Å². The minimum Gasteiger partial charge on any atom is -0.399 e. The van der Waals surface area contributed by atoms with Crippen molar-refractivity contribution in [3.8, 4) is 0 Å². The summed E-state index contributed by atoms with van der Waals surface area (Å²) in [6.07, 6.45) is 4.11. The van der Waals surface area contributed by atoms with Crippen molar-refractivity contribution in [3.05, 3.63) is 22.7 Å². The first-order chi connectivity index (χ1) is 7.16. The van der Waals surface area contributed by atoms with Gasteiger partial charge >= 0.3 is 0 Å². The van der Waals surface area contributed by atoms with E-state index in [1.165, 1.54) is 19.3 Å². The molecule has 1 fully saturated rings. The molecule has 0 amide bonds. The molecule has 1 aliphatic carbocycles. The van der Waals surface area contributed by atoms with Crippen molar-refractivity contribution in [1.82, 2.24) is 0 Å². The maximum absolute atomic E-state index is 5.70. The van der Waals surface area contributed by atoms with Crippen LogP contribution in [0.1, 0.15) is 26.2 Å². The summed E-state index contributed by atoms with van der Waals surface area (Å²) in [4.78, 5) is 0. The normalized spacial score (nSPS) is 18.3. The number of anilines is 2. The summed E-state index contributed by atoms with van der Waals surface area (Å²) in [7, 11) is 0. The van der Waals surface area contributed by atoms with E-state index in [1.807, 2.05) is 18.2 Å². The summed E-state index contributed by atoms with van der Waals surface area (Å²) in [5.74, 6) is 0.842. The van der Waals surface area contributed by atoms with E-state index >= 15 is 0 Å². The number of benzene rings is 1. The largest absolute Gasteiger partial charge is 0.399 e. The van der Waals surface area contributed by atoms with Crippen molar-refractivity contribution < 1.29 is 0 Å². The van der Waals surface area contributed by atoms with Crippen LogP contribution in [0.2, 0.25) is 0 Å². The molecule has 15 heavy (non-hydrogen) atoms. The van der Waals surface area contributed by atoms with Crippen LogP contribution in [0.15, 0.2) is 22.7 Å². The second kappa shape index (κ2) is 4.44. The fourth-order valence-electron chi connectivity index (χ4n) is 1.95. The Labute approximate surface area is 99.4 Å². The molecule has 82 valence electrons. The van der Waals surface area contributed by atoms with E-state index in [1.54, 1.807) is 0 Å². The van der Waals surface area contributed by atoms with E-state index in [4.69, 9.17) is 5.73 Å². The highest BCUT2D eigenvalue weighted by atomic mass is 79.9. The standard InChI is InChI=1S/C12H17BrN2/c1-8(9-3-2-4-9)15-12-6-5-10(14)7-11(12)13/h5-9,15H,2-4,14H2,1H3. The first-order valence-corrected chi connectivity index (χ1v) is 6.27. The molecule has 3 N–H and O–H groups in total. The lowest BCUT2D eigenvalue weighted by molar-refractivity contribution is 0.285. The molecule has 0 bridgehead atoms. The minimum atomic E-state index is 0.554. The van der Waals surface area contributed by atoms with Gasteiger partial charge in [0.2, 0.25) is 0 Å². The maximum atomic E-state index is 5.70. The predicted octanol–water partition coefficient (Wildman–Crippen LogP) is 3.63. The number of nitrogens with two attached hydrogens (primary N) is 1. The van der Waals surface area contributed by atoms with Gasteiger partial charge in [-0.15, -0.1) is 0 Å². The maximum Gasteiger partial charge on any atom is 0.0488 e. The molecule has 0 aliphatic heterocycles. The van der Waals surface area contributed by atoms with Gasteiger partial charge in [0.05, 0.1) is 0 Å². The van der Waals surface area contributed by atoms with Crippen LogP contribution in [0, 0.1) is 5.92 Å². The highest BCUT2D eigenvalue weighted by Crippen LogP contribution is 2.33. The topological polar surface area (TPSA) is 38.0 Å². The van der Waals surface area contributed by atoms with E-state index < -0.39 is 0 Å². The van der Waals surface area contributed by atoms with E-state index in [-0.39, 0.29) is 0 Å². The lowest BCUT2D eigenvalue weighted by atomic mass is 9.80. The Bertz CT molecular complexity index is 347. The highest BCUT2D eigenvalue weighted by molar-refractivity contribution is 9.10. The monoisotopic (exact) mass is 268 g/mol. The van der Waals surface area contributed by atoms with Crippen LogP contribution in [0.3, 0.4) is 0 Å². The van der Waals surface area contributed by atoms with E-state index in [0.717, 1.165) is 21.8 Å². The molecule has 0 heterocycles. The first kappa shape index (κ1) is 10.8. The van der Waals surface area contributed by atoms with Crippen LogP contribution in [0.5, 0.6) is 0 Å². The third-order valence-electron chi connectivity index (χ3n) is 3.23. The van der Waals surface area contributed by atoms with Crippen molar-refractivity contribution in [1.29, 1.82) is 0 Å². The molecule has 0 radical (unpaired) electrons. The van der Waals surface area contributed by atoms with Crippen LogP contribution >= 0.6 is 15.9 Å². The fraction of sp³-hybridized carbons (Fsp3) is 0.500. The summed E-state index contributed by atoms with van der Waals surface area (Å²) in [5.41, 5.74) is 7.64.